The lowest BCUT2D eigenvalue weighted by atomic mass is 10.3. The molecule has 0 aromatic heterocycles. The van der Waals surface area contributed by atoms with E-state index in [2.05, 4.69) is 4.74 Å². The van der Waals surface area contributed by atoms with Gasteiger partial charge in [0.15, 0.2) is 0 Å². The van der Waals surface area contributed by atoms with Gasteiger partial charge in [0.1, 0.15) is 5.75 Å². The summed E-state index contributed by atoms with van der Waals surface area (Å²) < 4.78 is 50.3. The van der Waals surface area contributed by atoms with Crippen LogP contribution in [0.15, 0.2) is 24.3 Å². The van der Waals surface area contributed by atoms with Gasteiger partial charge in [0.2, 0.25) is 0 Å². The van der Waals surface area contributed by atoms with E-state index in [9.17, 15) is 22.9 Å². The standard InChI is InChI=1S/C7H4F4NO2/c8-7(9,10)14-6-3-1-5(2-4-6)12(11)13/h1-4H/q-1. The molecule has 0 saturated heterocycles. The molecule has 78 valence electrons. The highest BCUT2D eigenvalue weighted by Crippen LogP contribution is 2.24. The van der Waals surface area contributed by atoms with Crippen molar-refractivity contribution in [1.82, 2.24) is 0 Å². The van der Waals surface area contributed by atoms with Crippen LogP contribution >= 0.6 is 0 Å². The molecule has 3 nitrogen and oxygen atoms in total. The Hall–Kier alpha value is -1.50. The van der Waals surface area contributed by atoms with E-state index in [1.165, 1.54) is 0 Å². The number of alkyl halides is 3. The Balaban J connectivity index is 2.74. The zero-order valence-corrected chi connectivity index (χ0v) is 6.58. The number of benzene rings is 1. The third-order valence-corrected chi connectivity index (χ3v) is 1.27. The van der Waals surface area contributed by atoms with Crippen LogP contribution in [0.4, 0.5) is 23.3 Å². The molecule has 1 aromatic carbocycles. The largest absolute Gasteiger partial charge is 0.729 e. The molecule has 0 N–H and O–H groups in total. The van der Waals surface area contributed by atoms with Crippen molar-refractivity contribution in [2.24, 2.45) is 0 Å². The lowest BCUT2D eigenvalue weighted by molar-refractivity contribution is -0.274. The first-order chi connectivity index (χ1) is 6.38. The number of halogens is 4. The third kappa shape index (κ3) is 3.09. The number of nitrogens with zero attached hydrogens (tertiary/aromatic N) is 1. The van der Waals surface area contributed by atoms with Crippen LogP contribution in [0.5, 0.6) is 5.75 Å². The molecule has 0 amide bonds. The van der Waals surface area contributed by atoms with Gasteiger partial charge in [-0.1, -0.05) is 0 Å². The van der Waals surface area contributed by atoms with E-state index in [1.807, 2.05) is 0 Å². The number of rotatable bonds is 2. The lowest BCUT2D eigenvalue weighted by Gasteiger charge is -2.18. The van der Waals surface area contributed by atoms with Gasteiger partial charge in [-0.05, 0) is 24.3 Å². The minimum Gasteiger partial charge on any atom is -0.729 e. The summed E-state index contributed by atoms with van der Waals surface area (Å²) in [7, 11) is 0. The molecule has 0 fully saturated rings. The maximum atomic E-state index is 11.9. The summed E-state index contributed by atoms with van der Waals surface area (Å²) in [5.41, 5.74) is -0.403. The Bertz CT molecular complexity index is 296. The van der Waals surface area contributed by atoms with Gasteiger partial charge in [0.25, 0.3) is 0 Å². The summed E-state index contributed by atoms with van der Waals surface area (Å²) in [6.07, 6.45) is -4.80. The second-order valence-corrected chi connectivity index (χ2v) is 2.29. The van der Waals surface area contributed by atoms with Gasteiger partial charge in [0, 0.05) is 0 Å². The molecule has 0 radical (unpaired) electrons. The second kappa shape index (κ2) is 3.70. The van der Waals surface area contributed by atoms with E-state index in [-0.39, 0.29) is 0 Å². The molecule has 0 bridgehead atoms. The quantitative estimate of drug-likeness (QED) is 0.427. The Morgan fingerprint density at radius 2 is 1.64 bits per heavy atom. The minimum atomic E-state index is -4.80. The first kappa shape index (κ1) is 10.6. The highest BCUT2D eigenvalue weighted by Gasteiger charge is 2.30. The minimum absolute atomic E-state index is 0.403. The van der Waals surface area contributed by atoms with Gasteiger partial charge in [0.05, 0.1) is 5.69 Å². The van der Waals surface area contributed by atoms with Gasteiger partial charge in [-0.3, -0.25) is 5.29 Å². The normalized spacial score (nSPS) is 11.2. The van der Waals surface area contributed by atoms with Crippen LogP contribution in [-0.4, -0.2) is 6.36 Å². The second-order valence-electron chi connectivity index (χ2n) is 2.29. The monoisotopic (exact) mass is 210 g/mol. The van der Waals surface area contributed by atoms with Gasteiger partial charge < -0.3 is 9.94 Å². The van der Waals surface area contributed by atoms with Crippen molar-refractivity contribution in [1.29, 1.82) is 0 Å². The first-order valence-electron chi connectivity index (χ1n) is 3.37. The molecule has 1 aromatic rings. The summed E-state index contributed by atoms with van der Waals surface area (Å²) in [6.45, 7) is 0. The van der Waals surface area contributed by atoms with Crippen molar-refractivity contribution in [3.63, 3.8) is 0 Å². The molecule has 0 aliphatic heterocycles. The van der Waals surface area contributed by atoms with Crippen LogP contribution in [0.25, 0.3) is 0 Å². The lowest BCUT2D eigenvalue weighted by Crippen LogP contribution is -2.17. The topological polar surface area (TPSA) is 35.5 Å². The fraction of sp³-hybridized carbons (Fsp3) is 0.143. The van der Waals surface area contributed by atoms with Gasteiger partial charge in [-0.2, -0.15) is 0 Å². The Labute approximate surface area is 76.0 Å². The highest BCUT2D eigenvalue weighted by molar-refractivity contribution is 5.47. The van der Waals surface area contributed by atoms with Gasteiger partial charge >= 0.3 is 6.36 Å². The van der Waals surface area contributed by atoms with Crippen LogP contribution in [0.3, 0.4) is 0 Å². The Morgan fingerprint density at radius 1 is 1.14 bits per heavy atom. The van der Waals surface area contributed by atoms with Crippen LogP contribution in [0.1, 0.15) is 0 Å². The molecule has 0 aliphatic carbocycles. The van der Waals surface area contributed by atoms with Crippen molar-refractivity contribution < 1.29 is 22.4 Å². The van der Waals surface area contributed by atoms with Crippen LogP contribution in [0, 0.1) is 5.21 Å². The van der Waals surface area contributed by atoms with Crippen LogP contribution < -0.4 is 10.0 Å². The summed E-state index contributed by atoms with van der Waals surface area (Å²) in [6, 6.07) is 3.42. The van der Waals surface area contributed by atoms with E-state index in [4.69, 9.17) is 0 Å². The SMILES string of the molecule is [O-]N(F)c1ccc(OC(F)(F)F)cc1. The zero-order chi connectivity index (χ0) is 10.8. The maximum absolute atomic E-state index is 11.9. The summed E-state index contributed by atoms with van der Waals surface area (Å²) in [5, 5.41) is 9.07. The third-order valence-electron chi connectivity index (χ3n) is 1.27. The van der Waals surface area contributed by atoms with E-state index >= 15 is 0 Å². The molecule has 14 heavy (non-hydrogen) atoms. The molecule has 7 heteroatoms. The highest BCUT2D eigenvalue weighted by atomic mass is 19.4. The number of anilines is 1. The van der Waals surface area contributed by atoms with Crippen molar-refractivity contribution in [2.75, 3.05) is 5.29 Å². The van der Waals surface area contributed by atoms with Crippen molar-refractivity contribution in [3.8, 4) is 5.75 Å². The maximum Gasteiger partial charge on any atom is 0.573 e. The summed E-state index contributed by atoms with van der Waals surface area (Å²) in [5.74, 6) is -0.511. The predicted octanol–water partition coefficient (Wildman–Crippen LogP) is 2.77. The average Bonchev–Trinajstić information content (AvgIpc) is 2.02. The molecule has 0 atom stereocenters. The van der Waals surface area contributed by atoms with Gasteiger partial charge in [-0.15, -0.1) is 17.7 Å². The zero-order valence-electron chi connectivity index (χ0n) is 6.58. The molecule has 0 saturated carbocycles. The van der Waals surface area contributed by atoms with Crippen LogP contribution in [-0.2, 0) is 0 Å². The van der Waals surface area contributed by atoms with Crippen molar-refractivity contribution in [3.05, 3.63) is 29.5 Å². The van der Waals surface area contributed by atoms with Crippen LogP contribution in [0.2, 0.25) is 0 Å². The first-order valence-corrected chi connectivity index (χ1v) is 3.37. The average molecular weight is 210 g/mol. The van der Waals surface area contributed by atoms with E-state index in [1.54, 1.807) is 0 Å². The van der Waals surface area contributed by atoms with E-state index in [0.717, 1.165) is 24.3 Å². The fourth-order valence-corrected chi connectivity index (χ4v) is 0.765. The molecular formula is C7H4F4NO2-. The summed E-state index contributed by atoms with van der Waals surface area (Å²) >= 11 is 0. The summed E-state index contributed by atoms with van der Waals surface area (Å²) in [4.78, 5) is 0. The number of hydrogen-bond donors (Lipinski definition) is 0. The van der Waals surface area contributed by atoms with Crippen molar-refractivity contribution in [2.45, 2.75) is 6.36 Å². The van der Waals surface area contributed by atoms with E-state index < -0.39 is 23.1 Å². The molecule has 0 heterocycles. The molecule has 0 spiro atoms. The molecule has 0 unspecified atom stereocenters. The Kier molecular flexibility index (Phi) is 2.80. The molecule has 1 rings (SSSR count). The van der Waals surface area contributed by atoms with Crippen molar-refractivity contribution >= 4 is 5.69 Å². The smallest absolute Gasteiger partial charge is 0.573 e. The molecule has 0 aliphatic rings. The Morgan fingerprint density at radius 3 is 2.00 bits per heavy atom. The number of hydrogen-bond acceptors (Lipinski definition) is 3. The van der Waals surface area contributed by atoms with Gasteiger partial charge in [-0.25, -0.2) is 0 Å². The predicted molar refractivity (Wildman–Crippen MR) is 40.1 cm³/mol. The molecular weight excluding hydrogens is 206 g/mol. The number of ether oxygens (including phenoxy) is 1. The fourth-order valence-electron chi connectivity index (χ4n) is 0.765. The van der Waals surface area contributed by atoms with E-state index in [0.29, 0.717) is 0 Å².